The van der Waals surface area contributed by atoms with Gasteiger partial charge < -0.3 is 5.11 Å². The number of carboxylic acid groups (broad SMARTS) is 1. The zero-order chi connectivity index (χ0) is 10.6. The van der Waals surface area contributed by atoms with Crippen LogP contribution in [0.25, 0.3) is 0 Å². The van der Waals surface area contributed by atoms with Crippen LogP contribution in [-0.4, -0.2) is 20.3 Å². The van der Waals surface area contributed by atoms with Gasteiger partial charge in [-0.05, 0) is 31.1 Å². The van der Waals surface area contributed by atoms with Gasteiger partial charge in [-0.1, -0.05) is 0 Å². The number of rotatable bonds is 2. The highest BCUT2D eigenvalue weighted by Crippen LogP contribution is 2.51. The van der Waals surface area contributed by atoms with Crippen LogP contribution in [0.4, 0.5) is 3.89 Å². The number of hydrogen-bond acceptors (Lipinski definition) is 3. The molecule has 0 amide bonds. The Morgan fingerprint density at radius 2 is 2.33 bits per heavy atom. The lowest BCUT2D eigenvalue weighted by atomic mass is 9.64. The Morgan fingerprint density at radius 1 is 1.60 bits per heavy atom. The van der Waals surface area contributed by atoms with E-state index in [0.29, 0.717) is 11.8 Å². The molecule has 0 radical (unpaired) electrons. The number of carboxylic acids is 1. The molecule has 3 aliphatic rings. The van der Waals surface area contributed by atoms with E-state index in [1.165, 1.54) is 0 Å². The summed E-state index contributed by atoms with van der Waals surface area (Å²) in [5.74, 6) is -0.151. The molecule has 0 aromatic carbocycles. The summed E-state index contributed by atoms with van der Waals surface area (Å²) in [5, 5.41) is 12.8. The zero-order valence-electron chi connectivity index (χ0n) is 7.81. The Hall–Kier alpha value is -1.04. The third-order valence-electron chi connectivity index (χ3n) is 3.38. The highest BCUT2D eigenvalue weighted by molar-refractivity contribution is 7.92. The molecule has 2 bridgehead atoms. The van der Waals surface area contributed by atoms with Crippen LogP contribution < -0.4 is 0 Å². The van der Waals surface area contributed by atoms with Gasteiger partial charge in [0.2, 0.25) is 0 Å². The molecule has 4 nitrogen and oxygen atoms in total. The van der Waals surface area contributed by atoms with Crippen LogP contribution in [0, 0.1) is 5.92 Å². The van der Waals surface area contributed by atoms with E-state index >= 15 is 0 Å². The van der Waals surface area contributed by atoms with E-state index in [1.54, 1.807) is 0 Å². The van der Waals surface area contributed by atoms with Crippen molar-refractivity contribution in [2.24, 2.45) is 5.92 Å². The van der Waals surface area contributed by atoms with Gasteiger partial charge in [0.1, 0.15) is 0 Å². The molecule has 0 spiro atoms. The molecule has 1 aromatic heterocycles. The Kier molecular flexibility index (Phi) is 1.83. The summed E-state index contributed by atoms with van der Waals surface area (Å²) in [5.41, 5.74) is 1.58. The van der Waals surface area contributed by atoms with Crippen LogP contribution in [0.5, 0.6) is 0 Å². The van der Waals surface area contributed by atoms with Crippen molar-refractivity contribution in [2.75, 3.05) is 0 Å². The van der Waals surface area contributed by atoms with Crippen LogP contribution in [0.1, 0.15) is 40.5 Å². The predicted octanol–water partition coefficient (Wildman–Crippen LogP) is 2.01. The van der Waals surface area contributed by atoms with Gasteiger partial charge >= 0.3 is 5.97 Å². The van der Waals surface area contributed by atoms with Gasteiger partial charge in [-0.3, -0.25) is 0 Å². The number of aromatic carboxylic acids is 1. The standard InChI is InChI=1S/C9H9FN2O2S/c10-15-12-6-3-4-1-5(2-4)7(6)8(11-12)9(13)14/h4-5H,1-3H2,(H,13,14). The first-order valence-corrected chi connectivity index (χ1v) is 5.52. The fourth-order valence-electron chi connectivity index (χ4n) is 2.69. The van der Waals surface area contributed by atoms with Crippen molar-refractivity contribution in [3.63, 3.8) is 0 Å². The Balaban J connectivity index is 2.17. The number of hydrogen-bond donors (Lipinski definition) is 1. The second-order valence-corrected chi connectivity index (χ2v) is 4.68. The SMILES string of the molecule is O=C(O)c1nn(SF)c2c1C1CC(C2)C1. The van der Waals surface area contributed by atoms with E-state index in [1.807, 2.05) is 0 Å². The first-order valence-electron chi connectivity index (χ1n) is 4.85. The Bertz CT molecular complexity index is 440. The van der Waals surface area contributed by atoms with Crippen LogP contribution in [0.3, 0.4) is 0 Å². The quantitative estimate of drug-likeness (QED) is 0.841. The molecule has 0 atom stereocenters. The second-order valence-electron chi connectivity index (χ2n) is 4.19. The minimum absolute atomic E-state index is 0.0135. The Morgan fingerprint density at radius 3 is 2.93 bits per heavy atom. The molecule has 80 valence electrons. The summed E-state index contributed by atoms with van der Waals surface area (Å²) < 4.78 is 13.7. The van der Waals surface area contributed by atoms with Gasteiger partial charge in [-0.15, -0.1) is 3.89 Å². The largest absolute Gasteiger partial charge is 0.476 e. The third-order valence-corrected chi connectivity index (χ3v) is 3.81. The monoisotopic (exact) mass is 228 g/mol. The highest BCUT2D eigenvalue weighted by atomic mass is 32.2. The molecule has 0 saturated heterocycles. The fourth-order valence-corrected chi connectivity index (χ4v) is 3.06. The number of aromatic nitrogens is 2. The molecule has 1 aromatic rings. The topological polar surface area (TPSA) is 55.1 Å². The number of nitrogens with zero attached hydrogens (tertiary/aromatic N) is 2. The summed E-state index contributed by atoms with van der Waals surface area (Å²) in [7, 11) is 0. The van der Waals surface area contributed by atoms with Gasteiger partial charge in [0.25, 0.3) is 0 Å². The summed E-state index contributed by atoms with van der Waals surface area (Å²) in [4.78, 5) is 11.0. The third kappa shape index (κ3) is 1.14. The van der Waals surface area contributed by atoms with Crippen molar-refractivity contribution in [1.29, 1.82) is 0 Å². The average Bonchev–Trinajstić information content (AvgIpc) is 2.54. The molecular weight excluding hydrogens is 219 g/mol. The van der Waals surface area contributed by atoms with Crippen LogP contribution >= 0.6 is 12.3 Å². The summed E-state index contributed by atoms with van der Waals surface area (Å²) in [6.45, 7) is 0. The minimum Gasteiger partial charge on any atom is -0.476 e. The molecule has 4 rings (SSSR count). The molecule has 15 heavy (non-hydrogen) atoms. The molecule has 1 N–H and O–H groups in total. The first-order chi connectivity index (χ1) is 7.20. The van der Waals surface area contributed by atoms with Crippen molar-refractivity contribution in [3.8, 4) is 0 Å². The van der Waals surface area contributed by atoms with Gasteiger partial charge in [-0.2, -0.15) is 9.19 Å². The summed E-state index contributed by atoms with van der Waals surface area (Å²) >= 11 is -0.0135. The minimum atomic E-state index is -1.05. The maximum Gasteiger partial charge on any atom is 0.356 e. The first kappa shape index (κ1) is 9.21. The van der Waals surface area contributed by atoms with Crippen LogP contribution in [0.15, 0.2) is 0 Å². The Labute approximate surface area is 89.9 Å². The lowest BCUT2D eigenvalue weighted by Crippen LogP contribution is -2.31. The maximum atomic E-state index is 12.6. The molecule has 0 unspecified atom stereocenters. The van der Waals surface area contributed by atoms with E-state index in [4.69, 9.17) is 5.11 Å². The zero-order valence-corrected chi connectivity index (χ0v) is 8.63. The fraction of sp³-hybridized carbons (Fsp3) is 0.556. The highest BCUT2D eigenvalue weighted by Gasteiger charge is 2.43. The van der Waals surface area contributed by atoms with Gasteiger partial charge in [-0.25, -0.2) is 4.79 Å². The lowest BCUT2D eigenvalue weighted by Gasteiger charge is -2.40. The average molecular weight is 228 g/mol. The number of carbonyl (C=O) groups is 1. The predicted molar refractivity (Wildman–Crippen MR) is 52.5 cm³/mol. The maximum absolute atomic E-state index is 12.6. The summed E-state index contributed by atoms with van der Waals surface area (Å²) in [6.07, 6.45) is 2.84. The van der Waals surface area contributed by atoms with E-state index in [-0.39, 0.29) is 18.0 Å². The molecular formula is C9H9FN2O2S. The molecule has 6 heteroatoms. The van der Waals surface area contributed by atoms with Crippen molar-refractivity contribution < 1.29 is 13.8 Å². The molecule has 1 saturated carbocycles. The van der Waals surface area contributed by atoms with Gasteiger partial charge in [0.15, 0.2) is 18.0 Å². The van der Waals surface area contributed by atoms with Crippen molar-refractivity contribution >= 4 is 18.3 Å². The molecule has 0 aliphatic heterocycles. The number of halogens is 1. The normalized spacial score (nSPS) is 27.0. The van der Waals surface area contributed by atoms with Gasteiger partial charge in [0, 0.05) is 5.56 Å². The van der Waals surface area contributed by atoms with E-state index in [0.717, 1.165) is 34.6 Å². The van der Waals surface area contributed by atoms with Crippen LogP contribution in [-0.2, 0) is 6.42 Å². The van der Waals surface area contributed by atoms with Crippen molar-refractivity contribution in [2.45, 2.75) is 25.2 Å². The van der Waals surface area contributed by atoms with E-state index in [9.17, 15) is 8.68 Å². The van der Waals surface area contributed by atoms with Crippen molar-refractivity contribution in [3.05, 3.63) is 17.0 Å². The van der Waals surface area contributed by atoms with E-state index < -0.39 is 5.97 Å². The van der Waals surface area contributed by atoms with Crippen molar-refractivity contribution in [1.82, 2.24) is 9.19 Å². The summed E-state index contributed by atoms with van der Waals surface area (Å²) in [6, 6.07) is 0. The second kappa shape index (κ2) is 2.98. The molecule has 1 heterocycles. The molecule has 3 aliphatic carbocycles. The van der Waals surface area contributed by atoms with Crippen LogP contribution in [0.2, 0.25) is 0 Å². The van der Waals surface area contributed by atoms with E-state index in [2.05, 4.69) is 5.10 Å². The van der Waals surface area contributed by atoms with Gasteiger partial charge in [0.05, 0.1) is 5.69 Å². The molecule has 1 fully saturated rings. The smallest absolute Gasteiger partial charge is 0.356 e. The lowest BCUT2D eigenvalue weighted by molar-refractivity contribution is 0.0686.